The first kappa shape index (κ1) is 13.0. The first-order valence-electron chi connectivity index (χ1n) is 5.65. The Morgan fingerprint density at radius 3 is 2.56 bits per heavy atom. The molecular weight excluding hydrogens is 202 g/mol. The van der Waals surface area contributed by atoms with Gasteiger partial charge in [0.2, 0.25) is 0 Å². The molecule has 0 aliphatic heterocycles. The zero-order valence-electron chi connectivity index (χ0n) is 10.3. The molecule has 3 N–H and O–H groups in total. The monoisotopic (exact) mass is 223 g/mol. The van der Waals surface area contributed by atoms with Gasteiger partial charge < -0.3 is 15.6 Å². The minimum Gasteiger partial charge on any atom is -0.497 e. The zero-order valence-corrected chi connectivity index (χ0v) is 10.3. The van der Waals surface area contributed by atoms with Crippen LogP contribution >= 0.6 is 0 Å². The molecule has 0 aromatic heterocycles. The predicted octanol–water partition coefficient (Wildman–Crippen LogP) is 1.95. The minimum atomic E-state index is -0.912. The molecule has 0 amide bonds. The van der Waals surface area contributed by atoms with Crippen LogP contribution in [0.4, 0.5) is 0 Å². The van der Waals surface area contributed by atoms with E-state index in [9.17, 15) is 5.11 Å². The highest BCUT2D eigenvalue weighted by Crippen LogP contribution is 2.30. The number of benzene rings is 1. The van der Waals surface area contributed by atoms with Gasteiger partial charge in [-0.2, -0.15) is 0 Å². The molecule has 1 aromatic rings. The van der Waals surface area contributed by atoms with E-state index in [-0.39, 0.29) is 6.54 Å². The minimum absolute atomic E-state index is 0.244. The van der Waals surface area contributed by atoms with Crippen LogP contribution in [0.3, 0.4) is 0 Å². The Hall–Kier alpha value is -1.06. The highest BCUT2D eigenvalue weighted by Gasteiger charge is 2.28. The van der Waals surface area contributed by atoms with E-state index >= 15 is 0 Å². The molecule has 0 fully saturated rings. The van der Waals surface area contributed by atoms with Crippen LogP contribution in [0.15, 0.2) is 18.2 Å². The topological polar surface area (TPSA) is 55.5 Å². The van der Waals surface area contributed by atoms with E-state index < -0.39 is 5.60 Å². The summed E-state index contributed by atoms with van der Waals surface area (Å²) in [5.41, 5.74) is 6.69. The summed E-state index contributed by atoms with van der Waals surface area (Å²) >= 11 is 0. The van der Waals surface area contributed by atoms with Gasteiger partial charge in [-0.05, 0) is 36.6 Å². The van der Waals surface area contributed by atoms with E-state index in [0.717, 1.165) is 23.3 Å². The number of aliphatic hydroxyl groups is 1. The molecule has 90 valence electrons. The van der Waals surface area contributed by atoms with E-state index in [1.165, 1.54) is 0 Å². The Labute approximate surface area is 97.2 Å². The van der Waals surface area contributed by atoms with Gasteiger partial charge in [0, 0.05) is 6.54 Å². The van der Waals surface area contributed by atoms with E-state index in [1.54, 1.807) is 7.11 Å². The molecule has 0 heterocycles. The van der Waals surface area contributed by atoms with Crippen molar-refractivity contribution in [3.8, 4) is 5.75 Å². The van der Waals surface area contributed by atoms with E-state index in [2.05, 4.69) is 0 Å². The third kappa shape index (κ3) is 2.54. The summed E-state index contributed by atoms with van der Waals surface area (Å²) in [6, 6.07) is 5.68. The number of hydrogen-bond donors (Lipinski definition) is 2. The lowest BCUT2D eigenvalue weighted by molar-refractivity contribution is 0.0353. The summed E-state index contributed by atoms with van der Waals surface area (Å²) in [6.07, 6.45) is 1.58. The summed E-state index contributed by atoms with van der Waals surface area (Å²) in [5, 5.41) is 10.5. The van der Waals surface area contributed by atoms with E-state index in [0.29, 0.717) is 6.42 Å². The summed E-state index contributed by atoms with van der Waals surface area (Å²) in [7, 11) is 1.63. The van der Waals surface area contributed by atoms with Gasteiger partial charge in [0.05, 0.1) is 7.11 Å². The number of nitrogens with two attached hydrogens (primary N) is 1. The molecule has 0 spiro atoms. The summed E-state index contributed by atoms with van der Waals surface area (Å²) in [6.45, 7) is 4.25. The van der Waals surface area contributed by atoms with Crippen LogP contribution in [0.1, 0.15) is 30.9 Å². The highest BCUT2D eigenvalue weighted by molar-refractivity contribution is 5.38. The van der Waals surface area contributed by atoms with Crippen molar-refractivity contribution in [3.63, 3.8) is 0 Å². The predicted molar refractivity (Wildman–Crippen MR) is 65.6 cm³/mol. The molecule has 1 unspecified atom stereocenters. The third-order valence-corrected chi connectivity index (χ3v) is 2.94. The van der Waals surface area contributed by atoms with Crippen molar-refractivity contribution >= 4 is 0 Å². The van der Waals surface area contributed by atoms with Crippen LogP contribution in [0.2, 0.25) is 0 Å². The van der Waals surface area contributed by atoms with Crippen LogP contribution in [0.25, 0.3) is 0 Å². The van der Waals surface area contributed by atoms with Gasteiger partial charge in [-0.1, -0.05) is 19.4 Å². The van der Waals surface area contributed by atoms with Gasteiger partial charge >= 0.3 is 0 Å². The molecule has 3 nitrogen and oxygen atoms in total. The maximum absolute atomic E-state index is 10.5. The van der Waals surface area contributed by atoms with Gasteiger partial charge in [0.25, 0.3) is 0 Å². The Balaban J connectivity index is 3.10. The van der Waals surface area contributed by atoms with Crippen LogP contribution in [0.5, 0.6) is 5.75 Å². The molecule has 1 atom stereocenters. The van der Waals surface area contributed by atoms with Crippen molar-refractivity contribution in [1.82, 2.24) is 0 Å². The van der Waals surface area contributed by atoms with E-state index in [4.69, 9.17) is 10.5 Å². The van der Waals surface area contributed by atoms with Crippen molar-refractivity contribution in [2.45, 2.75) is 32.3 Å². The number of rotatable bonds is 5. The fraction of sp³-hybridized carbons (Fsp3) is 0.538. The van der Waals surface area contributed by atoms with E-state index in [1.807, 2.05) is 32.0 Å². The van der Waals surface area contributed by atoms with Crippen molar-refractivity contribution in [3.05, 3.63) is 29.3 Å². The molecule has 0 aliphatic carbocycles. The lowest BCUT2D eigenvalue weighted by Crippen LogP contribution is -2.35. The standard InChI is InChI=1S/C13H21NO2/c1-4-7-13(15,9-14)12-6-5-11(16-3)8-10(12)2/h5-6,8,15H,4,7,9,14H2,1-3H3. The molecule has 1 rings (SSSR count). The maximum Gasteiger partial charge on any atom is 0.119 e. The maximum atomic E-state index is 10.5. The molecule has 3 heteroatoms. The SMILES string of the molecule is CCCC(O)(CN)c1ccc(OC)cc1C. The summed E-state index contributed by atoms with van der Waals surface area (Å²) < 4.78 is 5.14. The second-order valence-electron chi connectivity index (χ2n) is 4.17. The molecule has 0 saturated heterocycles. The largest absolute Gasteiger partial charge is 0.497 e. The number of methoxy groups -OCH3 is 1. The highest BCUT2D eigenvalue weighted by atomic mass is 16.5. The molecule has 16 heavy (non-hydrogen) atoms. The van der Waals surface area contributed by atoms with Crippen molar-refractivity contribution in [1.29, 1.82) is 0 Å². The molecular formula is C13H21NO2. The fourth-order valence-electron chi connectivity index (χ4n) is 2.05. The van der Waals surface area contributed by atoms with Crippen molar-refractivity contribution in [2.24, 2.45) is 5.73 Å². The van der Waals surface area contributed by atoms with Crippen LogP contribution in [-0.2, 0) is 5.60 Å². The van der Waals surface area contributed by atoms with Crippen LogP contribution < -0.4 is 10.5 Å². The lowest BCUT2D eigenvalue weighted by Gasteiger charge is -2.28. The average Bonchev–Trinajstić information content (AvgIpc) is 2.28. The average molecular weight is 223 g/mol. The smallest absolute Gasteiger partial charge is 0.119 e. The Bertz CT molecular complexity index is 352. The number of hydrogen-bond acceptors (Lipinski definition) is 3. The second-order valence-corrected chi connectivity index (χ2v) is 4.17. The Kier molecular flexibility index (Phi) is 4.33. The third-order valence-electron chi connectivity index (χ3n) is 2.94. The summed E-state index contributed by atoms with van der Waals surface area (Å²) in [4.78, 5) is 0. The molecule has 1 aromatic carbocycles. The van der Waals surface area contributed by atoms with Gasteiger partial charge in [0.1, 0.15) is 11.4 Å². The van der Waals surface area contributed by atoms with Crippen LogP contribution in [0, 0.1) is 6.92 Å². The van der Waals surface area contributed by atoms with Gasteiger partial charge in [0.15, 0.2) is 0 Å². The second kappa shape index (κ2) is 5.32. The van der Waals surface area contributed by atoms with Gasteiger partial charge in [-0.25, -0.2) is 0 Å². The number of aryl methyl sites for hydroxylation is 1. The quantitative estimate of drug-likeness (QED) is 0.802. The fourth-order valence-corrected chi connectivity index (χ4v) is 2.05. The Morgan fingerprint density at radius 1 is 1.44 bits per heavy atom. The van der Waals surface area contributed by atoms with Crippen molar-refractivity contribution in [2.75, 3.05) is 13.7 Å². The molecule has 0 aliphatic rings. The normalized spacial score (nSPS) is 14.6. The first-order valence-corrected chi connectivity index (χ1v) is 5.65. The first-order chi connectivity index (χ1) is 7.57. The molecule has 0 saturated carbocycles. The van der Waals surface area contributed by atoms with Gasteiger partial charge in [-0.3, -0.25) is 0 Å². The molecule has 0 bridgehead atoms. The van der Waals surface area contributed by atoms with Gasteiger partial charge in [-0.15, -0.1) is 0 Å². The lowest BCUT2D eigenvalue weighted by atomic mass is 9.86. The zero-order chi connectivity index (χ0) is 12.2. The Morgan fingerprint density at radius 2 is 2.12 bits per heavy atom. The number of ether oxygens (including phenoxy) is 1. The van der Waals surface area contributed by atoms with Crippen LogP contribution in [-0.4, -0.2) is 18.8 Å². The molecule has 0 radical (unpaired) electrons. The van der Waals surface area contributed by atoms with Crippen molar-refractivity contribution < 1.29 is 9.84 Å². The summed E-state index contributed by atoms with van der Waals surface area (Å²) in [5.74, 6) is 0.803.